The van der Waals surface area contributed by atoms with E-state index in [9.17, 15) is 0 Å². The number of nitrogens with zero attached hydrogens (tertiary/aromatic N) is 2. The van der Waals surface area contributed by atoms with Crippen molar-refractivity contribution in [2.45, 2.75) is 6.54 Å². The molecule has 0 bridgehead atoms. The second-order valence-electron chi connectivity index (χ2n) is 3.36. The third-order valence-corrected chi connectivity index (χ3v) is 2.19. The Labute approximate surface area is 88.8 Å². The van der Waals surface area contributed by atoms with E-state index in [1.54, 1.807) is 0 Å². The second-order valence-corrected chi connectivity index (χ2v) is 3.36. The van der Waals surface area contributed by atoms with Gasteiger partial charge in [-0.3, -0.25) is 4.68 Å². The Hall–Kier alpha value is -2.03. The molecule has 1 heterocycles. The average Bonchev–Trinajstić information content (AvgIpc) is 2.68. The molecular formula is C12H13N3. The normalized spacial score (nSPS) is 10.1. The molecular weight excluding hydrogens is 186 g/mol. The zero-order chi connectivity index (χ0) is 10.7. The second kappa shape index (κ2) is 4.00. The van der Waals surface area contributed by atoms with Crippen LogP contribution in [0.5, 0.6) is 0 Å². The number of rotatable bonds is 3. The molecule has 2 N–H and O–H groups in total. The van der Waals surface area contributed by atoms with Gasteiger partial charge < -0.3 is 5.73 Å². The van der Waals surface area contributed by atoms with Gasteiger partial charge in [-0.05, 0) is 17.7 Å². The Kier molecular flexibility index (Phi) is 2.54. The summed E-state index contributed by atoms with van der Waals surface area (Å²) in [5, 5.41) is 4.22. The smallest absolute Gasteiger partial charge is 0.0587 e. The van der Waals surface area contributed by atoms with Crippen LogP contribution < -0.4 is 5.73 Å². The van der Waals surface area contributed by atoms with Crippen LogP contribution in [0.25, 0.3) is 11.1 Å². The number of hydrogen-bond acceptors (Lipinski definition) is 2. The lowest BCUT2D eigenvalue weighted by atomic mass is 10.1. The van der Waals surface area contributed by atoms with Crippen molar-refractivity contribution < 1.29 is 0 Å². The molecule has 0 saturated heterocycles. The van der Waals surface area contributed by atoms with E-state index in [1.807, 2.05) is 47.4 Å². The van der Waals surface area contributed by atoms with Gasteiger partial charge in [-0.15, -0.1) is 6.58 Å². The van der Waals surface area contributed by atoms with Gasteiger partial charge in [0.2, 0.25) is 0 Å². The summed E-state index contributed by atoms with van der Waals surface area (Å²) >= 11 is 0. The molecule has 0 atom stereocenters. The van der Waals surface area contributed by atoms with E-state index in [1.165, 1.54) is 0 Å². The summed E-state index contributed by atoms with van der Waals surface area (Å²) in [7, 11) is 0. The number of hydrogen-bond donors (Lipinski definition) is 1. The van der Waals surface area contributed by atoms with Crippen LogP contribution in [0.4, 0.5) is 5.69 Å². The van der Waals surface area contributed by atoms with Gasteiger partial charge in [0, 0.05) is 17.4 Å². The summed E-state index contributed by atoms with van der Waals surface area (Å²) in [5.74, 6) is 0. The molecule has 1 aromatic heterocycles. The third kappa shape index (κ3) is 2.07. The largest absolute Gasteiger partial charge is 0.399 e. The van der Waals surface area contributed by atoms with Gasteiger partial charge >= 0.3 is 0 Å². The van der Waals surface area contributed by atoms with Crippen LogP contribution in [0.2, 0.25) is 0 Å². The minimum Gasteiger partial charge on any atom is -0.399 e. The van der Waals surface area contributed by atoms with Crippen molar-refractivity contribution in [1.82, 2.24) is 9.78 Å². The molecule has 0 radical (unpaired) electrons. The molecule has 3 nitrogen and oxygen atoms in total. The maximum Gasteiger partial charge on any atom is 0.0587 e. The molecule has 0 spiro atoms. The Morgan fingerprint density at radius 2 is 2.00 bits per heavy atom. The highest BCUT2D eigenvalue weighted by Gasteiger charge is 2.00. The summed E-state index contributed by atoms with van der Waals surface area (Å²) in [5.41, 5.74) is 8.62. The summed E-state index contributed by atoms with van der Waals surface area (Å²) in [6.07, 6.45) is 5.65. The lowest BCUT2D eigenvalue weighted by Crippen LogP contribution is -1.93. The Bertz CT molecular complexity index is 454. The van der Waals surface area contributed by atoms with Crippen molar-refractivity contribution in [3.05, 3.63) is 49.3 Å². The summed E-state index contributed by atoms with van der Waals surface area (Å²) in [4.78, 5) is 0. The minimum absolute atomic E-state index is 0.731. The first-order chi connectivity index (χ1) is 7.29. The number of anilines is 1. The topological polar surface area (TPSA) is 43.8 Å². The molecule has 2 rings (SSSR count). The fourth-order valence-corrected chi connectivity index (χ4v) is 1.42. The van der Waals surface area contributed by atoms with Gasteiger partial charge in [0.25, 0.3) is 0 Å². The fraction of sp³-hybridized carbons (Fsp3) is 0.0833. The fourth-order valence-electron chi connectivity index (χ4n) is 1.42. The number of nitrogen functional groups attached to an aromatic ring is 1. The monoisotopic (exact) mass is 199 g/mol. The highest BCUT2D eigenvalue weighted by molar-refractivity contribution is 5.63. The summed E-state index contributed by atoms with van der Waals surface area (Å²) < 4.78 is 1.85. The SMILES string of the molecule is C=CCn1cc(-c2ccc(N)cc2)cn1. The molecule has 15 heavy (non-hydrogen) atoms. The first-order valence-corrected chi connectivity index (χ1v) is 4.79. The van der Waals surface area contributed by atoms with Crippen molar-refractivity contribution in [2.75, 3.05) is 5.73 Å². The van der Waals surface area contributed by atoms with Gasteiger partial charge in [-0.1, -0.05) is 18.2 Å². The van der Waals surface area contributed by atoms with Gasteiger partial charge in [0.1, 0.15) is 0 Å². The van der Waals surface area contributed by atoms with Crippen molar-refractivity contribution in [3.63, 3.8) is 0 Å². The van der Waals surface area contributed by atoms with Crippen LogP contribution in [0.1, 0.15) is 0 Å². The molecule has 0 aliphatic rings. The molecule has 2 aromatic rings. The van der Waals surface area contributed by atoms with Gasteiger partial charge in [-0.25, -0.2) is 0 Å². The van der Waals surface area contributed by atoms with E-state index >= 15 is 0 Å². The Morgan fingerprint density at radius 3 is 2.67 bits per heavy atom. The first kappa shape index (κ1) is 9.52. The van der Waals surface area contributed by atoms with Gasteiger partial charge in [0.15, 0.2) is 0 Å². The molecule has 0 fully saturated rings. The number of aromatic nitrogens is 2. The van der Waals surface area contributed by atoms with E-state index in [-0.39, 0.29) is 0 Å². The minimum atomic E-state index is 0.731. The molecule has 76 valence electrons. The maximum atomic E-state index is 5.62. The van der Waals surface area contributed by atoms with E-state index < -0.39 is 0 Å². The first-order valence-electron chi connectivity index (χ1n) is 4.79. The molecule has 0 unspecified atom stereocenters. The van der Waals surface area contributed by atoms with Crippen molar-refractivity contribution >= 4 is 5.69 Å². The van der Waals surface area contributed by atoms with Gasteiger partial charge in [0.05, 0.1) is 12.7 Å². The standard InChI is InChI=1S/C12H13N3/c1-2-7-15-9-11(8-14-15)10-3-5-12(13)6-4-10/h2-6,8-9H,1,7,13H2. The molecule has 3 heteroatoms. The maximum absolute atomic E-state index is 5.62. The number of nitrogens with two attached hydrogens (primary N) is 1. The zero-order valence-electron chi connectivity index (χ0n) is 8.43. The van der Waals surface area contributed by atoms with Crippen LogP contribution in [-0.4, -0.2) is 9.78 Å². The van der Waals surface area contributed by atoms with Crippen LogP contribution >= 0.6 is 0 Å². The number of allylic oxidation sites excluding steroid dienone is 1. The van der Waals surface area contributed by atoms with E-state index in [0.717, 1.165) is 23.4 Å². The predicted molar refractivity (Wildman–Crippen MR) is 62.3 cm³/mol. The molecule has 1 aromatic carbocycles. The van der Waals surface area contributed by atoms with Gasteiger partial charge in [-0.2, -0.15) is 5.10 Å². The lowest BCUT2D eigenvalue weighted by molar-refractivity contribution is 0.703. The Morgan fingerprint density at radius 1 is 1.27 bits per heavy atom. The number of benzene rings is 1. The summed E-state index contributed by atoms with van der Waals surface area (Å²) in [6, 6.07) is 7.76. The Balaban J connectivity index is 2.28. The van der Waals surface area contributed by atoms with Crippen LogP contribution in [0, 0.1) is 0 Å². The molecule has 0 amide bonds. The van der Waals surface area contributed by atoms with Crippen LogP contribution in [0.3, 0.4) is 0 Å². The summed E-state index contributed by atoms with van der Waals surface area (Å²) in [6.45, 7) is 4.40. The van der Waals surface area contributed by atoms with E-state index in [2.05, 4.69) is 11.7 Å². The third-order valence-electron chi connectivity index (χ3n) is 2.19. The van der Waals surface area contributed by atoms with E-state index in [0.29, 0.717) is 0 Å². The van der Waals surface area contributed by atoms with Crippen molar-refractivity contribution in [1.29, 1.82) is 0 Å². The lowest BCUT2D eigenvalue weighted by Gasteiger charge is -1.97. The highest BCUT2D eigenvalue weighted by Crippen LogP contribution is 2.19. The average molecular weight is 199 g/mol. The molecule has 0 aliphatic carbocycles. The highest BCUT2D eigenvalue weighted by atomic mass is 15.3. The predicted octanol–water partition coefficient (Wildman–Crippen LogP) is 2.32. The molecule has 0 saturated carbocycles. The molecule has 0 aliphatic heterocycles. The van der Waals surface area contributed by atoms with E-state index in [4.69, 9.17) is 5.73 Å². The zero-order valence-corrected chi connectivity index (χ0v) is 8.43. The van der Waals surface area contributed by atoms with Crippen molar-refractivity contribution in [3.8, 4) is 11.1 Å². The van der Waals surface area contributed by atoms with Crippen molar-refractivity contribution in [2.24, 2.45) is 0 Å². The quantitative estimate of drug-likeness (QED) is 0.609. The van der Waals surface area contributed by atoms with Crippen LogP contribution in [0.15, 0.2) is 49.3 Å². The van der Waals surface area contributed by atoms with Crippen LogP contribution in [-0.2, 0) is 6.54 Å².